The third-order valence-corrected chi connectivity index (χ3v) is 4.99. The maximum Gasteiger partial charge on any atom is 0.242 e. The van der Waals surface area contributed by atoms with E-state index in [4.69, 9.17) is 17.3 Å². The molecule has 0 amide bonds. The fraction of sp³-hybridized carbons (Fsp3) is 0.182. The summed E-state index contributed by atoms with van der Waals surface area (Å²) in [6.07, 6.45) is 1.65. The molecule has 0 bridgehead atoms. The number of rotatable bonds is 4. The van der Waals surface area contributed by atoms with Crippen LogP contribution in [0.15, 0.2) is 29.3 Å². The highest BCUT2D eigenvalue weighted by Gasteiger charge is 2.17. The first kappa shape index (κ1) is 14.3. The molecule has 3 N–H and O–H groups in total. The molecule has 2 aromatic rings. The normalized spacial score (nSPS) is 11.7. The lowest BCUT2D eigenvalue weighted by atomic mass is 10.3. The van der Waals surface area contributed by atoms with Gasteiger partial charge in [0, 0.05) is 22.6 Å². The van der Waals surface area contributed by atoms with Gasteiger partial charge in [0.25, 0.3) is 0 Å². The van der Waals surface area contributed by atoms with Crippen molar-refractivity contribution in [2.24, 2.45) is 0 Å². The van der Waals surface area contributed by atoms with Crippen molar-refractivity contribution in [1.29, 1.82) is 0 Å². The predicted octanol–water partition coefficient (Wildman–Crippen LogP) is 2.17. The number of hydrogen-bond acceptors (Lipinski definition) is 5. The molecule has 0 aliphatic heterocycles. The van der Waals surface area contributed by atoms with Crippen LogP contribution in [0.5, 0.6) is 0 Å². The zero-order valence-electron chi connectivity index (χ0n) is 10.1. The summed E-state index contributed by atoms with van der Waals surface area (Å²) in [6.45, 7) is 2.05. The van der Waals surface area contributed by atoms with Gasteiger partial charge >= 0.3 is 0 Å². The molecule has 0 unspecified atom stereocenters. The predicted molar refractivity (Wildman–Crippen MR) is 76.7 cm³/mol. The number of aryl methyl sites for hydroxylation is 1. The molecule has 19 heavy (non-hydrogen) atoms. The van der Waals surface area contributed by atoms with Gasteiger partial charge in [0.2, 0.25) is 10.0 Å². The molecular formula is C11H12ClN3O2S2. The van der Waals surface area contributed by atoms with E-state index in [1.165, 1.54) is 29.5 Å². The summed E-state index contributed by atoms with van der Waals surface area (Å²) >= 11 is 7.18. The van der Waals surface area contributed by atoms with E-state index in [2.05, 4.69) is 9.71 Å². The first-order valence-electron chi connectivity index (χ1n) is 5.34. The van der Waals surface area contributed by atoms with Crippen LogP contribution in [0.1, 0.15) is 9.88 Å². The van der Waals surface area contributed by atoms with Gasteiger partial charge in [-0.15, -0.1) is 11.3 Å². The highest BCUT2D eigenvalue weighted by molar-refractivity contribution is 7.89. The van der Waals surface area contributed by atoms with Gasteiger partial charge in [-0.2, -0.15) is 0 Å². The molecule has 0 saturated heterocycles. The van der Waals surface area contributed by atoms with E-state index in [-0.39, 0.29) is 17.1 Å². The van der Waals surface area contributed by atoms with Gasteiger partial charge in [-0.1, -0.05) is 11.6 Å². The lowest BCUT2D eigenvalue weighted by molar-refractivity contribution is 0.582. The third kappa shape index (κ3) is 3.44. The SMILES string of the molecule is Cc1ncc(CNS(=O)(=O)c2ccc(Cl)cc2N)s1. The minimum Gasteiger partial charge on any atom is -0.398 e. The summed E-state index contributed by atoms with van der Waals surface area (Å²) in [5, 5.41) is 1.29. The molecule has 102 valence electrons. The van der Waals surface area contributed by atoms with Crippen molar-refractivity contribution in [2.45, 2.75) is 18.4 Å². The molecule has 0 radical (unpaired) electrons. The largest absolute Gasteiger partial charge is 0.398 e. The molecule has 8 heteroatoms. The minimum atomic E-state index is -3.65. The number of nitrogens with zero attached hydrogens (tertiary/aromatic N) is 1. The summed E-state index contributed by atoms with van der Waals surface area (Å²) < 4.78 is 26.7. The second-order valence-corrected chi connectivity index (χ2v) is 7.34. The van der Waals surface area contributed by atoms with E-state index in [0.717, 1.165) is 9.88 Å². The van der Waals surface area contributed by atoms with E-state index < -0.39 is 10.0 Å². The Morgan fingerprint density at radius 2 is 2.21 bits per heavy atom. The molecule has 0 aliphatic carbocycles. The lowest BCUT2D eigenvalue weighted by Crippen LogP contribution is -2.23. The summed E-state index contributed by atoms with van der Waals surface area (Å²) in [6, 6.07) is 4.29. The number of anilines is 1. The molecule has 5 nitrogen and oxygen atoms in total. The van der Waals surface area contributed by atoms with Crippen molar-refractivity contribution < 1.29 is 8.42 Å². The average Bonchev–Trinajstić information content (AvgIpc) is 2.72. The second kappa shape index (κ2) is 5.46. The van der Waals surface area contributed by atoms with Crippen LogP contribution in [-0.4, -0.2) is 13.4 Å². The lowest BCUT2D eigenvalue weighted by Gasteiger charge is -2.08. The number of thiazole rings is 1. The van der Waals surface area contributed by atoms with Crippen molar-refractivity contribution in [3.8, 4) is 0 Å². The van der Waals surface area contributed by atoms with Crippen molar-refractivity contribution in [2.75, 3.05) is 5.73 Å². The number of hydrogen-bond donors (Lipinski definition) is 2. The summed E-state index contributed by atoms with van der Waals surface area (Å²) in [5.74, 6) is 0. The number of nitrogens with one attached hydrogen (secondary N) is 1. The van der Waals surface area contributed by atoms with Crippen LogP contribution in [-0.2, 0) is 16.6 Å². The number of sulfonamides is 1. The first-order valence-corrected chi connectivity index (χ1v) is 8.02. The van der Waals surface area contributed by atoms with Crippen LogP contribution in [0.25, 0.3) is 0 Å². The maximum atomic E-state index is 12.1. The molecule has 1 aromatic carbocycles. The fourth-order valence-electron chi connectivity index (χ4n) is 1.49. The molecular weight excluding hydrogens is 306 g/mol. The van der Waals surface area contributed by atoms with Crippen LogP contribution in [0.2, 0.25) is 5.02 Å². The summed E-state index contributed by atoms with van der Waals surface area (Å²) in [5.41, 5.74) is 5.79. The minimum absolute atomic E-state index is 0.0261. The Kier molecular flexibility index (Phi) is 4.10. The van der Waals surface area contributed by atoms with Crippen LogP contribution in [0.3, 0.4) is 0 Å². The molecule has 0 aliphatic rings. The number of nitrogens with two attached hydrogens (primary N) is 1. The summed E-state index contributed by atoms with van der Waals surface area (Å²) in [4.78, 5) is 4.93. The Bertz CT molecular complexity index is 698. The van der Waals surface area contributed by atoms with E-state index in [1.807, 2.05) is 6.92 Å². The van der Waals surface area contributed by atoms with Crippen LogP contribution in [0, 0.1) is 6.92 Å². The van der Waals surface area contributed by atoms with Gasteiger partial charge in [0.15, 0.2) is 0 Å². The Balaban J connectivity index is 2.18. The third-order valence-electron chi connectivity index (χ3n) is 2.37. The molecule has 0 fully saturated rings. The number of aromatic nitrogens is 1. The van der Waals surface area contributed by atoms with E-state index in [9.17, 15) is 8.42 Å². The number of benzene rings is 1. The van der Waals surface area contributed by atoms with Crippen molar-refractivity contribution in [3.63, 3.8) is 0 Å². The monoisotopic (exact) mass is 317 g/mol. The van der Waals surface area contributed by atoms with E-state index in [0.29, 0.717) is 5.02 Å². The van der Waals surface area contributed by atoms with Gasteiger partial charge in [-0.25, -0.2) is 18.1 Å². The van der Waals surface area contributed by atoms with Gasteiger partial charge in [0.05, 0.1) is 10.7 Å². The van der Waals surface area contributed by atoms with Crippen molar-refractivity contribution in [3.05, 3.63) is 39.3 Å². The molecule has 2 rings (SSSR count). The topological polar surface area (TPSA) is 85.1 Å². The summed E-state index contributed by atoms with van der Waals surface area (Å²) in [7, 11) is -3.65. The highest BCUT2D eigenvalue weighted by atomic mass is 35.5. The fourth-order valence-corrected chi connectivity index (χ4v) is 3.62. The van der Waals surface area contributed by atoms with Gasteiger partial charge in [0.1, 0.15) is 4.90 Å². The van der Waals surface area contributed by atoms with Crippen LogP contribution in [0.4, 0.5) is 5.69 Å². The maximum absolute atomic E-state index is 12.1. The second-order valence-electron chi connectivity index (χ2n) is 3.85. The molecule has 1 heterocycles. The molecule has 0 spiro atoms. The standard InChI is InChI=1S/C11H12ClN3O2S2/c1-7-14-5-9(18-7)6-15-19(16,17)11-3-2-8(12)4-10(11)13/h2-5,15H,6,13H2,1H3. The van der Waals surface area contributed by atoms with E-state index in [1.54, 1.807) is 6.20 Å². The molecule has 1 aromatic heterocycles. The zero-order valence-corrected chi connectivity index (χ0v) is 12.4. The van der Waals surface area contributed by atoms with Gasteiger partial charge in [-0.3, -0.25) is 0 Å². The molecule has 0 atom stereocenters. The van der Waals surface area contributed by atoms with Crippen LogP contribution >= 0.6 is 22.9 Å². The van der Waals surface area contributed by atoms with Crippen molar-refractivity contribution >= 4 is 38.6 Å². The molecule has 0 saturated carbocycles. The van der Waals surface area contributed by atoms with Gasteiger partial charge < -0.3 is 5.73 Å². The number of nitrogen functional groups attached to an aromatic ring is 1. The van der Waals surface area contributed by atoms with E-state index >= 15 is 0 Å². The highest BCUT2D eigenvalue weighted by Crippen LogP contribution is 2.22. The Morgan fingerprint density at radius 1 is 1.47 bits per heavy atom. The van der Waals surface area contributed by atoms with Gasteiger partial charge in [-0.05, 0) is 25.1 Å². The smallest absolute Gasteiger partial charge is 0.242 e. The van der Waals surface area contributed by atoms with Crippen LogP contribution < -0.4 is 10.5 Å². The Hall–Kier alpha value is -1.15. The zero-order chi connectivity index (χ0) is 14.0. The van der Waals surface area contributed by atoms with Crippen molar-refractivity contribution in [1.82, 2.24) is 9.71 Å². The quantitative estimate of drug-likeness (QED) is 0.846. The first-order chi connectivity index (χ1) is 8.88. The average molecular weight is 318 g/mol. The Morgan fingerprint density at radius 3 is 2.79 bits per heavy atom. The number of halogens is 1. The Labute approximate surface area is 120 Å².